The Labute approximate surface area is 111 Å². The molecule has 0 aliphatic heterocycles. The molecule has 0 bridgehead atoms. The van der Waals surface area contributed by atoms with E-state index in [4.69, 9.17) is 5.11 Å². The summed E-state index contributed by atoms with van der Waals surface area (Å²) in [6.07, 6.45) is 2.70. The summed E-state index contributed by atoms with van der Waals surface area (Å²) in [5.74, 6) is -0.288. The van der Waals surface area contributed by atoms with Gasteiger partial charge in [0.2, 0.25) is 5.91 Å². The van der Waals surface area contributed by atoms with Gasteiger partial charge in [0.15, 0.2) is 0 Å². The number of aromatic nitrogens is 1. The van der Waals surface area contributed by atoms with Crippen molar-refractivity contribution in [1.29, 1.82) is 0 Å². The molecule has 3 rings (SSSR count). The number of fused-ring (bicyclic) bond motifs is 3. The monoisotopic (exact) mass is 258 g/mol. The summed E-state index contributed by atoms with van der Waals surface area (Å²) in [6.45, 7) is 1.66. The van der Waals surface area contributed by atoms with E-state index in [-0.39, 0.29) is 11.9 Å². The summed E-state index contributed by atoms with van der Waals surface area (Å²) in [6, 6.07) is 6.55. The summed E-state index contributed by atoms with van der Waals surface area (Å²) in [5, 5.41) is 12.9. The van der Waals surface area contributed by atoms with Gasteiger partial charge in [0.05, 0.1) is 0 Å². The third kappa shape index (κ3) is 2.24. The maximum atomic E-state index is 11.3. The number of carbonyl (C=O) groups excluding carboxylic acids is 1. The Kier molecular flexibility index (Phi) is 3.03. The van der Waals surface area contributed by atoms with Gasteiger partial charge in [-0.05, 0) is 43.9 Å². The first-order valence-corrected chi connectivity index (χ1v) is 6.67. The van der Waals surface area contributed by atoms with E-state index in [1.54, 1.807) is 0 Å². The number of H-pyrrole nitrogens is 1. The second-order valence-electron chi connectivity index (χ2n) is 5.30. The molecule has 1 amide bonds. The highest BCUT2D eigenvalue weighted by Crippen LogP contribution is 2.29. The lowest BCUT2D eigenvalue weighted by Crippen LogP contribution is -2.40. The smallest absolute Gasteiger partial charge is 0.245 e. The summed E-state index contributed by atoms with van der Waals surface area (Å²) < 4.78 is 0. The largest absolute Gasteiger partial charge is 0.387 e. The molecule has 0 spiro atoms. The lowest BCUT2D eigenvalue weighted by Gasteiger charge is -2.23. The van der Waals surface area contributed by atoms with E-state index >= 15 is 0 Å². The highest BCUT2D eigenvalue weighted by atomic mass is 16.3. The van der Waals surface area contributed by atoms with Crippen LogP contribution in [0.2, 0.25) is 0 Å². The average molecular weight is 258 g/mol. The molecule has 1 heterocycles. The third-order valence-electron chi connectivity index (χ3n) is 3.85. The Morgan fingerprint density at radius 3 is 3.16 bits per heavy atom. The van der Waals surface area contributed by atoms with Crippen molar-refractivity contribution < 1.29 is 9.90 Å². The van der Waals surface area contributed by atoms with E-state index in [0.29, 0.717) is 0 Å². The van der Waals surface area contributed by atoms with Gasteiger partial charge >= 0.3 is 0 Å². The van der Waals surface area contributed by atoms with E-state index in [1.807, 2.05) is 0 Å². The predicted octanol–water partition coefficient (Wildman–Crippen LogP) is 1.44. The molecule has 0 saturated carbocycles. The van der Waals surface area contributed by atoms with Gasteiger partial charge in [0.1, 0.15) is 6.61 Å². The molecule has 1 aromatic heterocycles. The molecule has 0 radical (unpaired) electrons. The number of carbonyl (C=O) groups is 1. The third-order valence-corrected chi connectivity index (χ3v) is 3.85. The van der Waals surface area contributed by atoms with E-state index < -0.39 is 6.61 Å². The number of benzene rings is 1. The highest BCUT2D eigenvalue weighted by molar-refractivity contribution is 5.86. The first-order chi connectivity index (χ1) is 9.17. The minimum absolute atomic E-state index is 0.131. The summed E-state index contributed by atoms with van der Waals surface area (Å²) in [4.78, 5) is 14.7. The summed E-state index contributed by atoms with van der Waals surface area (Å²) in [7, 11) is 0. The van der Waals surface area contributed by atoms with E-state index in [2.05, 4.69) is 35.4 Å². The van der Waals surface area contributed by atoms with Crippen LogP contribution in [0.4, 0.5) is 0 Å². The van der Waals surface area contributed by atoms with Crippen LogP contribution in [0.1, 0.15) is 23.2 Å². The van der Waals surface area contributed by atoms with Crippen LogP contribution < -0.4 is 5.32 Å². The average Bonchev–Trinajstić information content (AvgIpc) is 2.76. The highest BCUT2D eigenvalue weighted by Gasteiger charge is 2.23. The number of rotatable bonds is 2. The Balaban J connectivity index is 1.92. The molecule has 19 heavy (non-hydrogen) atoms. The zero-order valence-corrected chi connectivity index (χ0v) is 11.0. The number of hydrogen-bond donors (Lipinski definition) is 3. The van der Waals surface area contributed by atoms with E-state index in [1.165, 1.54) is 27.7 Å². The van der Waals surface area contributed by atoms with Crippen molar-refractivity contribution >= 4 is 16.8 Å². The van der Waals surface area contributed by atoms with Crippen LogP contribution in [0.3, 0.4) is 0 Å². The Morgan fingerprint density at radius 2 is 2.37 bits per heavy atom. The molecule has 4 nitrogen and oxygen atoms in total. The number of aromatic amines is 1. The molecular formula is C15H18N2O2. The van der Waals surface area contributed by atoms with Crippen LogP contribution in [-0.4, -0.2) is 28.6 Å². The molecule has 100 valence electrons. The van der Waals surface area contributed by atoms with Gasteiger partial charge in [0, 0.05) is 22.6 Å². The Morgan fingerprint density at radius 1 is 1.53 bits per heavy atom. The van der Waals surface area contributed by atoms with Crippen molar-refractivity contribution in [1.82, 2.24) is 10.3 Å². The molecule has 1 atom stereocenters. The van der Waals surface area contributed by atoms with Gasteiger partial charge in [0.25, 0.3) is 0 Å². The molecule has 1 aromatic carbocycles. The first-order valence-electron chi connectivity index (χ1n) is 6.67. The second kappa shape index (κ2) is 4.70. The van der Waals surface area contributed by atoms with Gasteiger partial charge in [-0.15, -0.1) is 0 Å². The fraction of sp³-hybridized carbons (Fsp3) is 0.400. The zero-order valence-electron chi connectivity index (χ0n) is 11.0. The van der Waals surface area contributed by atoms with Crippen molar-refractivity contribution in [2.45, 2.75) is 32.2 Å². The van der Waals surface area contributed by atoms with E-state index in [9.17, 15) is 4.79 Å². The van der Waals surface area contributed by atoms with Crippen LogP contribution >= 0.6 is 0 Å². The molecule has 0 fully saturated rings. The number of aliphatic hydroxyl groups is 1. The van der Waals surface area contributed by atoms with Gasteiger partial charge < -0.3 is 15.4 Å². The molecule has 0 saturated heterocycles. The lowest BCUT2D eigenvalue weighted by molar-refractivity contribution is -0.124. The zero-order chi connectivity index (χ0) is 13.4. The quantitative estimate of drug-likeness (QED) is 0.763. The number of aliphatic hydroxyl groups excluding tert-OH is 1. The number of amides is 1. The normalized spacial score (nSPS) is 18.3. The van der Waals surface area contributed by atoms with Crippen LogP contribution in [0, 0.1) is 6.92 Å². The number of aryl methyl sites for hydroxylation is 2. The summed E-state index contributed by atoms with van der Waals surface area (Å²) >= 11 is 0. The van der Waals surface area contributed by atoms with Gasteiger partial charge in [-0.2, -0.15) is 0 Å². The minimum atomic E-state index is -0.434. The molecule has 1 unspecified atom stereocenters. The van der Waals surface area contributed by atoms with Crippen molar-refractivity contribution in [3.05, 3.63) is 35.0 Å². The van der Waals surface area contributed by atoms with Gasteiger partial charge in [-0.3, -0.25) is 4.79 Å². The first kappa shape index (κ1) is 12.2. The SMILES string of the molecule is Cc1ccc2[nH]c3c(c2c1)CC(NC(=O)CO)CC3. The minimum Gasteiger partial charge on any atom is -0.387 e. The number of hydrogen-bond acceptors (Lipinski definition) is 2. The molecule has 1 aliphatic rings. The lowest BCUT2D eigenvalue weighted by atomic mass is 9.91. The number of nitrogens with one attached hydrogen (secondary N) is 2. The molecular weight excluding hydrogens is 240 g/mol. The molecule has 1 aliphatic carbocycles. The van der Waals surface area contributed by atoms with Crippen LogP contribution in [0.25, 0.3) is 10.9 Å². The van der Waals surface area contributed by atoms with E-state index in [0.717, 1.165) is 19.3 Å². The molecule has 3 N–H and O–H groups in total. The van der Waals surface area contributed by atoms with Crippen molar-refractivity contribution in [3.63, 3.8) is 0 Å². The fourth-order valence-corrected chi connectivity index (χ4v) is 2.93. The molecule has 2 aromatic rings. The van der Waals surface area contributed by atoms with Crippen molar-refractivity contribution in [2.24, 2.45) is 0 Å². The molecule has 4 heteroatoms. The van der Waals surface area contributed by atoms with Crippen LogP contribution in [-0.2, 0) is 17.6 Å². The van der Waals surface area contributed by atoms with Crippen LogP contribution in [0.15, 0.2) is 18.2 Å². The van der Waals surface area contributed by atoms with Gasteiger partial charge in [-0.1, -0.05) is 11.6 Å². The van der Waals surface area contributed by atoms with Crippen molar-refractivity contribution in [2.75, 3.05) is 6.61 Å². The maximum absolute atomic E-state index is 11.3. The standard InChI is InChI=1S/C15H18N2O2/c1-9-2-4-13-11(6-9)12-7-10(16-15(19)8-18)3-5-14(12)17-13/h2,4,6,10,17-18H,3,5,7-8H2,1H3,(H,16,19). The summed E-state index contributed by atoms with van der Waals surface area (Å²) in [5.41, 5.74) is 5.02. The maximum Gasteiger partial charge on any atom is 0.245 e. The predicted molar refractivity (Wildman–Crippen MR) is 74.1 cm³/mol. The topological polar surface area (TPSA) is 65.1 Å². The second-order valence-corrected chi connectivity index (χ2v) is 5.30. The van der Waals surface area contributed by atoms with Crippen molar-refractivity contribution in [3.8, 4) is 0 Å². The Hall–Kier alpha value is -1.81. The fourth-order valence-electron chi connectivity index (χ4n) is 2.93. The van der Waals surface area contributed by atoms with Crippen LogP contribution in [0.5, 0.6) is 0 Å². The Bertz CT molecular complexity index is 630. The van der Waals surface area contributed by atoms with Gasteiger partial charge in [-0.25, -0.2) is 0 Å².